The molecule has 13 nitrogen and oxygen atoms in total. The second-order valence-electron chi connectivity index (χ2n) is 9.22. The summed E-state index contributed by atoms with van der Waals surface area (Å²) >= 11 is 0. The van der Waals surface area contributed by atoms with Crippen molar-refractivity contribution in [1.82, 2.24) is 0 Å². The van der Waals surface area contributed by atoms with Gasteiger partial charge >= 0.3 is 11.9 Å². The van der Waals surface area contributed by atoms with Crippen LogP contribution in [0.3, 0.4) is 0 Å². The van der Waals surface area contributed by atoms with Crippen molar-refractivity contribution in [2.24, 2.45) is 11.8 Å². The maximum Gasteiger partial charge on any atom is 0.337 e. The molecule has 1 aliphatic carbocycles. The Kier molecular flexibility index (Phi) is 9.02. The molecule has 1 aromatic carbocycles. The maximum absolute atomic E-state index is 12.4. The second kappa shape index (κ2) is 12.3. The number of phenolic OH excluding ortho intramolecular Hbond substituents is 1. The van der Waals surface area contributed by atoms with E-state index in [9.17, 15) is 40.2 Å². The smallest absolute Gasteiger partial charge is 0.337 e. The molecule has 3 aliphatic rings. The van der Waals surface area contributed by atoms with Crippen molar-refractivity contribution in [2.45, 2.75) is 43.1 Å². The van der Waals surface area contributed by atoms with Crippen LogP contribution in [0.2, 0.25) is 0 Å². The van der Waals surface area contributed by atoms with Crippen molar-refractivity contribution in [3.63, 3.8) is 0 Å². The summed E-state index contributed by atoms with van der Waals surface area (Å²) in [5.74, 6) is -3.25. The molecule has 4 rings (SSSR count). The molecule has 9 atom stereocenters. The number of esters is 2. The third-order valence-electron chi connectivity index (χ3n) is 6.77. The van der Waals surface area contributed by atoms with Gasteiger partial charge in [-0.25, -0.2) is 9.59 Å². The summed E-state index contributed by atoms with van der Waals surface area (Å²) in [6.07, 6.45) is -5.25. The number of benzene rings is 1. The monoisotopic (exact) mass is 550 g/mol. The Balaban J connectivity index is 1.51. The fraction of sp³-hybridized carbons (Fsp3) is 0.462. The quantitative estimate of drug-likeness (QED) is 0.127. The predicted octanol–water partition coefficient (Wildman–Crippen LogP) is -1.29. The van der Waals surface area contributed by atoms with E-state index in [4.69, 9.17) is 23.7 Å². The van der Waals surface area contributed by atoms with Crippen LogP contribution in [0.15, 0.2) is 53.8 Å². The average molecular weight is 551 g/mol. The first-order valence-electron chi connectivity index (χ1n) is 12.1. The zero-order valence-electron chi connectivity index (χ0n) is 20.8. The number of phenols is 1. The Labute approximate surface area is 222 Å². The average Bonchev–Trinajstić information content (AvgIpc) is 3.27. The molecule has 13 heteroatoms. The number of aliphatic hydroxyl groups excluding tert-OH is 5. The third kappa shape index (κ3) is 6.15. The molecular weight excluding hydrogens is 520 g/mol. The summed E-state index contributed by atoms with van der Waals surface area (Å²) < 4.78 is 26.9. The summed E-state index contributed by atoms with van der Waals surface area (Å²) in [5, 5.41) is 60.1. The van der Waals surface area contributed by atoms with Crippen LogP contribution in [0, 0.1) is 11.8 Å². The van der Waals surface area contributed by atoms with E-state index in [0.717, 1.165) is 13.4 Å². The number of aromatic hydroxyl groups is 1. The zero-order valence-corrected chi connectivity index (χ0v) is 20.8. The highest BCUT2D eigenvalue weighted by atomic mass is 16.8. The van der Waals surface area contributed by atoms with Gasteiger partial charge in [-0.05, 0) is 29.3 Å². The number of hydrogen-bond donors (Lipinski definition) is 6. The van der Waals surface area contributed by atoms with E-state index >= 15 is 0 Å². The van der Waals surface area contributed by atoms with Crippen molar-refractivity contribution < 1.29 is 63.9 Å². The lowest BCUT2D eigenvalue weighted by Gasteiger charge is -2.43. The molecule has 9 unspecified atom stereocenters. The lowest BCUT2D eigenvalue weighted by Crippen LogP contribution is -2.60. The molecule has 0 spiro atoms. The van der Waals surface area contributed by atoms with E-state index in [1.54, 1.807) is 12.1 Å². The second-order valence-corrected chi connectivity index (χ2v) is 9.22. The summed E-state index contributed by atoms with van der Waals surface area (Å²) in [6, 6.07) is 6.11. The van der Waals surface area contributed by atoms with Crippen molar-refractivity contribution in [3.8, 4) is 5.75 Å². The number of aliphatic hydroxyl groups is 5. The molecule has 2 aliphatic heterocycles. The Morgan fingerprint density at radius 1 is 1.00 bits per heavy atom. The number of carbonyl (C=O) groups is 2. The SMILES string of the molecule is COC(=O)C1=COC(OC2OC(CO)C(O)C(O)C2O)C2C(COC(=O)C=Cc3ccc(O)cc3)=CC(O)C12. The summed E-state index contributed by atoms with van der Waals surface area (Å²) in [5.41, 5.74) is 0.971. The Bertz CT molecular complexity index is 1130. The van der Waals surface area contributed by atoms with Crippen LogP contribution in [-0.2, 0) is 33.3 Å². The molecule has 0 radical (unpaired) electrons. The van der Waals surface area contributed by atoms with Gasteiger partial charge in [-0.15, -0.1) is 0 Å². The van der Waals surface area contributed by atoms with E-state index in [2.05, 4.69) is 0 Å². The van der Waals surface area contributed by atoms with E-state index in [0.29, 0.717) is 11.1 Å². The lowest BCUT2D eigenvalue weighted by molar-refractivity contribution is -0.340. The van der Waals surface area contributed by atoms with E-state index in [1.807, 2.05) is 0 Å². The first-order valence-corrected chi connectivity index (χ1v) is 12.1. The van der Waals surface area contributed by atoms with Gasteiger partial charge < -0.3 is 54.3 Å². The molecule has 0 saturated carbocycles. The minimum atomic E-state index is -1.72. The summed E-state index contributed by atoms with van der Waals surface area (Å²) in [4.78, 5) is 24.7. The molecule has 0 amide bonds. The maximum atomic E-state index is 12.4. The minimum absolute atomic E-state index is 0.00606. The van der Waals surface area contributed by atoms with E-state index < -0.39 is 73.5 Å². The molecular formula is C26H30O13. The highest BCUT2D eigenvalue weighted by molar-refractivity contribution is 5.89. The first-order chi connectivity index (χ1) is 18.6. The molecule has 1 fully saturated rings. The molecule has 0 bridgehead atoms. The number of carbonyl (C=O) groups excluding carboxylic acids is 2. The summed E-state index contributed by atoms with van der Waals surface area (Å²) in [6.45, 7) is -0.990. The normalized spacial score (nSPS) is 34.1. The van der Waals surface area contributed by atoms with Crippen LogP contribution < -0.4 is 0 Å². The third-order valence-corrected chi connectivity index (χ3v) is 6.77. The topological polar surface area (TPSA) is 202 Å². The van der Waals surface area contributed by atoms with Crippen molar-refractivity contribution in [1.29, 1.82) is 0 Å². The van der Waals surface area contributed by atoms with Gasteiger partial charge in [0, 0.05) is 12.0 Å². The number of ether oxygens (including phenoxy) is 5. The van der Waals surface area contributed by atoms with Crippen molar-refractivity contribution in [3.05, 3.63) is 59.4 Å². The highest BCUT2D eigenvalue weighted by Crippen LogP contribution is 2.45. The molecule has 6 N–H and O–H groups in total. The van der Waals surface area contributed by atoms with Crippen molar-refractivity contribution in [2.75, 3.05) is 20.3 Å². The van der Waals surface area contributed by atoms with Crippen LogP contribution in [0.4, 0.5) is 0 Å². The van der Waals surface area contributed by atoms with Crippen LogP contribution in [-0.4, -0.2) is 106 Å². The standard InChI is InChI=1S/C26H30O13/c1-35-24(34)15-11-37-25(39-26-23(33)22(32)21(31)17(9-27)38-26)19-13(8-16(29)20(15)19)10-36-18(30)7-4-12-2-5-14(28)6-3-12/h2-8,11,16-17,19-23,25-29,31-33H,9-10H2,1H3. The highest BCUT2D eigenvalue weighted by Gasteiger charge is 2.52. The Morgan fingerprint density at radius 3 is 2.38 bits per heavy atom. The molecule has 39 heavy (non-hydrogen) atoms. The molecule has 212 valence electrons. The van der Waals surface area contributed by atoms with Gasteiger partial charge in [0.15, 0.2) is 6.29 Å². The van der Waals surface area contributed by atoms with Gasteiger partial charge in [0.2, 0.25) is 6.29 Å². The van der Waals surface area contributed by atoms with Crippen LogP contribution in [0.1, 0.15) is 5.56 Å². The molecule has 1 aromatic rings. The summed E-state index contributed by atoms with van der Waals surface area (Å²) in [7, 11) is 1.16. The Morgan fingerprint density at radius 2 is 1.72 bits per heavy atom. The largest absolute Gasteiger partial charge is 0.508 e. The Hall–Kier alpha value is -3.30. The van der Waals surface area contributed by atoms with Crippen LogP contribution in [0.25, 0.3) is 6.08 Å². The van der Waals surface area contributed by atoms with Crippen molar-refractivity contribution >= 4 is 18.0 Å². The first kappa shape index (κ1) is 28.7. The minimum Gasteiger partial charge on any atom is -0.508 e. The van der Waals surface area contributed by atoms with Crippen LogP contribution >= 0.6 is 0 Å². The van der Waals surface area contributed by atoms with Crippen LogP contribution in [0.5, 0.6) is 5.75 Å². The number of hydrogen-bond acceptors (Lipinski definition) is 13. The van der Waals surface area contributed by atoms with Gasteiger partial charge in [-0.1, -0.05) is 18.2 Å². The number of rotatable bonds is 8. The van der Waals surface area contributed by atoms with Gasteiger partial charge in [0.1, 0.15) is 36.8 Å². The van der Waals surface area contributed by atoms with Gasteiger partial charge in [0.25, 0.3) is 0 Å². The fourth-order valence-electron chi connectivity index (χ4n) is 4.73. The van der Waals surface area contributed by atoms with Gasteiger partial charge in [0.05, 0.1) is 37.6 Å². The zero-order chi connectivity index (χ0) is 28.3. The number of fused-ring (bicyclic) bond motifs is 1. The molecule has 2 heterocycles. The molecule has 0 aromatic heterocycles. The predicted molar refractivity (Wildman–Crippen MR) is 129 cm³/mol. The van der Waals surface area contributed by atoms with E-state index in [-0.39, 0.29) is 17.9 Å². The van der Waals surface area contributed by atoms with E-state index in [1.165, 1.54) is 30.4 Å². The van der Waals surface area contributed by atoms with Gasteiger partial charge in [-0.3, -0.25) is 0 Å². The molecule has 1 saturated heterocycles. The lowest BCUT2D eigenvalue weighted by atomic mass is 9.82. The number of methoxy groups -OCH3 is 1. The fourth-order valence-corrected chi connectivity index (χ4v) is 4.73. The van der Waals surface area contributed by atoms with Gasteiger partial charge in [-0.2, -0.15) is 0 Å².